The van der Waals surface area contributed by atoms with Crippen molar-refractivity contribution < 1.29 is 36.2 Å². The lowest BCUT2D eigenvalue weighted by Crippen LogP contribution is -2.36. The largest absolute Gasteiger partial charge is 0.618 e. The van der Waals surface area contributed by atoms with Crippen molar-refractivity contribution in [3.8, 4) is 33.7 Å². The molecule has 0 spiro atoms. The summed E-state index contributed by atoms with van der Waals surface area (Å²) < 4.78 is 78.2. The number of ether oxygens (including phenoxy) is 1. The Kier molecular flexibility index (Phi) is 7.88. The molecule has 0 radical (unpaired) electrons. The number of alkyl halides is 3. The number of carbonyl (C=O) groups is 1. The average molecular weight is 660 g/mol. The van der Waals surface area contributed by atoms with Gasteiger partial charge in [0.1, 0.15) is 17.6 Å². The number of amides is 1. The maximum absolute atomic E-state index is 15.6. The fourth-order valence-corrected chi connectivity index (χ4v) is 5.37. The standard InChI is InChI=1S/C30H23ClF5N7O3/c1-46-25-10-24(23(8-15-2-3-15)41-12-17(11-38-41)16-4-5-18(29(37)44)21(32)9-16)43(45)13-19(25)27-22(7-6-20(31)28(27)33)42-14-26(39-40-42)30(34,35)36/h4-7,9-15,23H,2-3,8H2,1H3,(H2,37,44)/t23-/m1/s1. The Morgan fingerprint density at radius 1 is 1.17 bits per heavy atom. The van der Waals surface area contributed by atoms with Crippen molar-refractivity contribution in [1.82, 2.24) is 24.8 Å². The zero-order chi connectivity index (χ0) is 32.9. The van der Waals surface area contributed by atoms with Gasteiger partial charge in [-0.1, -0.05) is 35.7 Å². The van der Waals surface area contributed by atoms with Crippen LogP contribution in [0.4, 0.5) is 22.0 Å². The van der Waals surface area contributed by atoms with Crippen LogP contribution in [0, 0.1) is 22.8 Å². The number of rotatable bonds is 9. The first-order chi connectivity index (χ1) is 21.8. The molecule has 3 heterocycles. The van der Waals surface area contributed by atoms with E-state index in [2.05, 4.69) is 15.4 Å². The van der Waals surface area contributed by atoms with Crippen LogP contribution in [-0.2, 0) is 6.18 Å². The highest BCUT2D eigenvalue weighted by atomic mass is 35.5. The van der Waals surface area contributed by atoms with Crippen molar-refractivity contribution >= 4 is 17.5 Å². The highest BCUT2D eigenvalue weighted by molar-refractivity contribution is 6.31. The lowest BCUT2D eigenvalue weighted by atomic mass is 10.00. The van der Waals surface area contributed by atoms with Gasteiger partial charge in [-0.15, -0.1) is 5.10 Å². The third-order valence-electron chi connectivity index (χ3n) is 7.72. The van der Waals surface area contributed by atoms with Gasteiger partial charge in [0.25, 0.3) is 5.91 Å². The molecule has 1 atom stereocenters. The monoisotopic (exact) mass is 659 g/mol. The summed E-state index contributed by atoms with van der Waals surface area (Å²) in [5.74, 6) is -2.40. The minimum atomic E-state index is -4.80. The van der Waals surface area contributed by atoms with Gasteiger partial charge in [-0.2, -0.15) is 23.0 Å². The maximum atomic E-state index is 15.6. The topological polar surface area (TPSA) is 128 Å². The van der Waals surface area contributed by atoms with Crippen molar-refractivity contribution in [2.75, 3.05) is 7.11 Å². The van der Waals surface area contributed by atoms with Crippen LogP contribution in [0.25, 0.3) is 27.9 Å². The van der Waals surface area contributed by atoms with Crippen LogP contribution in [0.2, 0.25) is 5.02 Å². The Morgan fingerprint density at radius 3 is 2.57 bits per heavy atom. The predicted octanol–water partition coefficient (Wildman–Crippen LogP) is 5.88. The van der Waals surface area contributed by atoms with Gasteiger partial charge in [0.05, 0.1) is 53.0 Å². The molecule has 3 aromatic heterocycles. The summed E-state index contributed by atoms with van der Waals surface area (Å²) >= 11 is 6.06. The fourth-order valence-electron chi connectivity index (χ4n) is 5.22. The lowest BCUT2D eigenvalue weighted by molar-refractivity contribution is -0.615. The highest BCUT2D eigenvalue weighted by Gasteiger charge is 2.36. The predicted molar refractivity (Wildman–Crippen MR) is 154 cm³/mol. The van der Waals surface area contributed by atoms with Crippen LogP contribution in [0.15, 0.2) is 61.2 Å². The van der Waals surface area contributed by atoms with Gasteiger partial charge in [0, 0.05) is 11.8 Å². The van der Waals surface area contributed by atoms with Gasteiger partial charge < -0.3 is 15.7 Å². The number of hydrogen-bond donors (Lipinski definition) is 1. The zero-order valence-corrected chi connectivity index (χ0v) is 24.6. The first-order valence-electron chi connectivity index (χ1n) is 13.8. The van der Waals surface area contributed by atoms with Gasteiger partial charge in [0.2, 0.25) is 5.69 Å². The Hall–Kier alpha value is -5.05. The van der Waals surface area contributed by atoms with Crippen molar-refractivity contribution in [3.05, 3.63) is 100 Å². The molecule has 46 heavy (non-hydrogen) atoms. The number of hydrogen-bond acceptors (Lipinski definition) is 6. The molecule has 1 aliphatic rings. The molecule has 1 aliphatic carbocycles. The number of primary amides is 1. The molecular weight excluding hydrogens is 637 g/mol. The van der Waals surface area contributed by atoms with E-state index in [9.17, 15) is 27.6 Å². The molecule has 0 bridgehead atoms. The van der Waals surface area contributed by atoms with E-state index in [4.69, 9.17) is 22.1 Å². The fraction of sp³-hybridized carbons (Fsp3) is 0.233. The number of carbonyl (C=O) groups excluding carboxylic acids is 1. The number of nitrogens with zero attached hydrogens (tertiary/aromatic N) is 6. The second-order valence-electron chi connectivity index (χ2n) is 10.8. The molecule has 1 fully saturated rings. The molecule has 10 nitrogen and oxygen atoms in total. The quantitative estimate of drug-likeness (QED) is 0.120. The van der Waals surface area contributed by atoms with Crippen LogP contribution >= 0.6 is 11.6 Å². The highest BCUT2D eigenvalue weighted by Crippen LogP contribution is 2.42. The SMILES string of the molecule is COc1cc([C@@H](CC2CC2)n2cc(-c3ccc(C(N)=O)c(F)c3)cn2)[n+]([O-])cc1-c1c(-n2cc(C(F)(F)F)nn2)ccc(Cl)c1F. The molecule has 6 rings (SSSR count). The van der Waals surface area contributed by atoms with Crippen LogP contribution in [-0.4, -0.2) is 37.8 Å². The summed E-state index contributed by atoms with van der Waals surface area (Å²) in [6.45, 7) is 0. The third kappa shape index (κ3) is 5.85. The average Bonchev–Trinajstić information content (AvgIpc) is 3.45. The second-order valence-corrected chi connectivity index (χ2v) is 11.2. The Balaban J connectivity index is 1.44. The Bertz CT molecular complexity index is 1970. The first-order valence-corrected chi connectivity index (χ1v) is 14.2. The Morgan fingerprint density at radius 2 is 1.93 bits per heavy atom. The number of nitrogens with two attached hydrogens (primary N) is 1. The smallest absolute Gasteiger partial charge is 0.436 e. The minimum absolute atomic E-state index is 0.0259. The molecule has 5 aromatic rings. The number of methoxy groups -OCH3 is 1. The van der Waals surface area contributed by atoms with Crippen molar-refractivity contribution in [1.29, 1.82) is 0 Å². The molecule has 0 unspecified atom stereocenters. The van der Waals surface area contributed by atoms with E-state index >= 15 is 4.39 Å². The first kappa shape index (κ1) is 31.0. The van der Waals surface area contributed by atoms with E-state index in [0.717, 1.165) is 35.9 Å². The van der Waals surface area contributed by atoms with Gasteiger partial charge in [0.15, 0.2) is 17.7 Å². The summed E-state index contributed by atoms with van der Waals surface area (Å²) in [4.78, 5) is 11.4. The summed E-state index contributed by atoms with van der Waals surface area (Å²) in [6.07, 6.45) is 2.34. The lowest BCUT2D eigenvalue weighted by Gasteiger charge is -2.20. The van der Waals surface area contributed by atoms with Gasteiger partial charge in [-0.05, 0) is 42.2 Å². The molecular formula is C30H23ClF5N7O3. The molecule has 1 amide bonds. The van der Waals surface area contributed by atoms with Crippen LogP contribution in [0.3, 0.4) is 0 Å². The maximum Gasteiger partial charge on any atom is 0.436 e. The molecule has 238 valence electrons. The number of benzene rings is 2. The van der Waals surface area contributed by atoms with Crippen molar-refractivity contribution in [3.63, 3.8) is 0 Å². The van der Waals surface area contributed by atoms with Crippen LogP contribution in [0.1, 0.15) is 47.1 Å². The van der Waals surface area contributed by atoms with E-state index < -0.39 is 35.5 Å². The summed E-state index contributed by atoms with van der Waals surface area (Å²) in [5.41, 5.74) is 4.16. The number of pyridine rings is 1. The minimum Gasteiger partial charge on any atom is -0.618 e. The van der Waals surface area contributed by atoms with E-state index in [-0.39, 0.29) is 38.8 Å². The molecule has 2 aromatic carbocycles. The molecule has 2 N–H and O–H groups in total. The van der Waals surface area contributed by atoms with E-state index in [1.807, 2.05) is 0 Å². The number of halogens is 6. The summed E-state index contributed by atoms with van der Waals surface area (Å²) in [7, 11) is 1.29. The van der Waals surface area contributed by atoms with E-state index in [1.54, 1.807) is 10.9 Å². The third-order valence-corrected chi connectivity index (χ3v) is 8.01. The van der Waals surface area contributed by atoms with E-state index in [0.29, 0.717) is 34.4 Å². The van der Waals surface area contributed by atoms with Crippen LogP contribution in [0.5, 0.6) is 5.75 Å². The molecule has 0 aliphatic heterocycles. The van der Waals surface area contributed by atoms with E-state index in [1.165, 1.54) is 37.6 Å². The molecule has 1 saturated carbocycles. The summed E-state index contributed by atoms with van der Waals surface area (Å²) in [5, 5.41) is 24.4. The van der Waals surface area contributed by atoms with Gasteiger partial charge in [-0.25, -0.2) is 13.5 Å². The zero-order valence-electron chi connectivity index (χ0n) is 23.8. The van der Waals surface area contributed by atoms with Crippen molar-refractivity contribution in [2.24, 2.45) is 11.7 Å². The normalized spacial score (nSPS) is 14.0. The Labute approximate surface area is 262 Å². The van der Waals surface area contributed by atoms with Gasteiger partial charge in [-0.3, -0.25) is 9.48 Å². The molecule has 0 saturated heterocycles. The second kappa shape index (κ2) is 11.7. The summed E-state index contributed by atoms with van der Waals surface area (Å²) in [6, 6.07) is 7.12. The molecule has 16 heteroatoms. The van der Waals surface area contributed by atoms with Crippen LogP contribution < -0.4 is 15.2 Å². The van der Waals surface area contributed by atoms with Gasteiger partial charge >= 0.3 is 6.18 Å². The number of aromatic nitrogens is 6. The van der Waals surface area contributed by atoms with Crippen molar-refractivity contribution in [2.45, 2.75) is 31.5 Å².